The number of hydrogen-bond acceptors (Lipinski definition) is 3. The van der Waals surface area contributed by atoms with Crippen LogP contribution in [0.5, 0.6) is 5.75 Å². The summed E-state index contributed by atoms with van der Waals surface area (Å²) in [5.41, 5.74) is -0.675. The third-order valence-corrected chi connectivity index (χ3v) is 2.19. The van der Waals surface area contributed by atoms with Crippen LogP contribution in [0.1, 0.15) is 0 Å². The predicted octanol–water partition coefficient (Wildman–Crippen LogP) is 3.10. The maximum Gasteiger partial charge on any atom is 0.387 e. The molecule has 8 heteroatoms. The zero-order valence-corrected chi connectivity index (χ0v) is 8.50. The van der Waals surface area contributed by atoms with E-state index < -0.39 is 28.8 Å². The van der Waals surface area contributed by atoms with Gasteiger partial charge in [-0.1, -0.05) is 0 Å². The molecule has 15 heavy (non-hydrogen) atoms. The second-order valence-electron chi connectivity index (χ2n) is 2.37. The number of hydrogen-bond donors (Lipinski definition) is 0. The summed E-state index contributed by atoms with van der Waals surface area (Å²) in [6, 6.07) is 1.23. The molecular formula is C7H3BrF3NO3. The van der Waals surface area contributed by atoms with Gasteiger partial charge in [0, 0.05) is 6.07 Å². The average Bonchev–Trinajstić information content (AvgIpc) is 2.09. The van der Waals surface area contributed by atoms with E-state index in [-0.39, 0.29) is 4.47 Å². The van der Waals surface area contributed by atoms with Gasteiger partial charge in [-0.3, -0.25) is 10.1 Å². The summed E-state index contributed by atoms with van der Waals surface area (Å²) in [5, 5.41) is 10.4. The van der Waals surface area contributed by atoms with Gasteiger partial charge in [0.2, 0.25) is 0 Å². The minimum absolute atomic E-state index is 0.325. The molecule has 0 N–H and O–H groups in total. The lowest BCUT2D eigenvalue weighted by Crippen LogP contribution is -2.04. The summed E-state index contributed by atoms with van der Waals surface area (Å²) in [7, 11) is 0. The monoisotopic (exact) mass is 285 g/mol. The number of alkyl halides is 2. The number of nitrogens with zero attached hydrogens (tertiary/aromatic N) is 1. The standard InChI is InChI=1S/C7H3BrF3NO3/c8-6-4(12(13)14)1-3(9)2-5(6)15-7(10)11/h1-2,7H. The first-order chi connectivity index (χ1) is 6.91. The average molecular weight is 286 g/mol. The number of benzene rings is 1. The first-order valence-corrected chi connectivity index (χ1v) is 4.29. The van der Waals surface area contributed by atoms with Gasteiger partial charge in [-0.15, -0.1) is 0 Å². The highest BCUT2D eigenvalue weighted by molar-refractivity contribution is 9.10. The third-order valence-electron chi connectivity index (χ3n) is 1.40. The normalized spacial score (nSPS) is 10.5. The maximum atomic E-state index is 12.8. The van der Waals surface area contributed by atoms with E-state index in [2.05, 4.69) is 20.7 Å². The fourth-order valence-electron chi connectivity index (χ4n) is 0.865. The van der Waals surface area contributed by atoms with Gasteiger partial charge in [-0.25, -0.2) is 4.39 Å². The third kappa shape index (κ3) is 2.82. The van der Waals surface area contributed by atoms with Crippen molar-refractivity contribution in [3.8, 4) is 5.75 Å². The van der Waals surface area contributed by atoms with Gasteiger partial charge in [-0.05, 0) is 15.9 Å². The molecule has 1 rings (SSSR count). The van der Waals surface area contributed by atoms with E-state index in [1.807, 2.05) is 0 Å². The lowest BCUT2D eigenvalue weighted by molar-refractivity contribution is -0.386. The Labute approximate surface area is 89.9 Å². The van der Waals surface area contributed by atoms with Crippen LogP contribution in [0.3, 0.4) is 0 Å². The summed E-state index contributed by atoms with van der Waals surface area (Å²) in [6.45, 7) is -3.18. The topological polar surface area (TPSA) is 52.4 Å². The second-order valence-corrected chi connectivity index (χ2v) is 3.17. The van der Waals surface area contributed by atoms with Crippen LogP contribution in [-0.2, 0) is 0 Å². The Morgan fingerprint density at radius 3 is 2.53 bits per heavy atom. The molecule has 0 aromatic heterocycles. The highest BCUT2D eigenvalue weighted by Crippen LogP contribution is 2.35. The summed E-state index contributed by atoms with van der Waals surface area (Å²) in [5.74, 6) is -1.64. The zero-order valence-electron chi connectivity index (χ0n) is 6.92. The van der Waals surface area contributed by atoms with Crippen molar-refractivity contribution in [2.75, 3.05) is 0 Å². The lowest BCUT2D eigenvalue weighted by Gasteiger charge is -2.06. The smallest absolute Gasteiger partial charge is 0.387 e. The molecule has 1 aromatic rings. The van der Waals surface area contributed by atoms with Gasteiger partial charge >= 0.3 is 6.61 Å². The quantitative estimate of drug-likeness (QED) is 0.633. The Kier molecular flexibility index (Phi) is 3.51. The van der Waals surface area contributed by atoms with Crippen molar-refractivity contribution in [1.29, 1.82) is 0 Å². The Morgan fingerprint density at radius 1 is 1.47 bits per heavy atom. The van der Waals surface area contributed by atoms with Gasteiger partial charge < -0.3 is 4.74 Å². The summed E-state index contributed by atoms with van der Waals surface area (Å²) in [4.78, 5) is 9.47. The molecule has 0 atom stereocenters. The Bertz CT molecular complexity index is 399. The molecule has 0 aliphatic carbocycles. The molecule has 0 aliphatic rings. The first-order valence-electron chi connectivity index (χ1n) is 3.50. The van der Waals surface area contributed by atoms with E-state index in [1.54, 1.807) is 0 Å². The van der Waals surface area contributed by atoms with Gasteiger partial charge in [0.05, 0.1) is 11.0 Å². The van der Waals surface area contributed by atoms with Gasteiger partial charge in [0.25, 0.3) is 5.69 Å². The zero-order chi connectivity index (χ0) is 11.6. The van der Waals surface area contributed by atoms with Gasteiger partial charge in [0.1, 0.15) is 16.0 Å². The van der Waals surface area contributed by atoms with Crippen LogP contribution < -0.4 is 4.74 Å². The largest absolute Gasteiger partial charge is 0.433 e. The number of halogens is 4. The predicted molar refractivity (Wildman–Crippen MR) is 47.4 cm³/mol. The molecule has 0 bridgehead atoms. The van der Waals surface area contributed by atoms with Gasteiger partial charge in [-0.2, -0.15) is 8.78 Å². The first kappa shape index (κ1) is 11.8. The molecule has 0 unspecified atom stereocenters. The van der Waals surface area contributed by atoms with E-state index in [9.17, 15) is 23.3 Å². The molecule has 1 aromatic carbocycles. The highest BCUT2D eigenvalue weighted by Gasteiger charge is 2.20. The van der Waals surface area contributed by atoms with Crippen molar-refractivity contribution in [3.05, 3.63) is 32.5 Å². The van der Waals surface area contributed by atoms with Crippen molar-refractivity contribution in [2.45, 2.75) is 6.61 Å². The van der Waals surface area contributed by atoms with E-state index in [0.29, 0.717) is 12.1 Å². The molecule has 0 radical (unpaired) electrons. The number of nitro groups is 1. The molecule has 0 aliphatic heterocycles. The molecule has 4 nitrogen and oxygen atoms in total. The fraction of sp³-hybridized carbons (Fsp3) is 0.143. The molecule has 82 valence electrons. The van der Waals surface area contributed by atoms with Crippen LogP contribution in [0, 0.1) is 15.9 Å². The maximum absolute atomic E-state index is 12.8. The van der Waals surface area contributed by atoms with Crippen molar-refractivity contribution in [2.24, 2.45) is 0 Å². The van der Waals surface area contributed by atoms with E-state index >= 15 is 0 Å². The summed E-state index contributed by atoms with van der Waals surface area (Å²) >= 11 is 2.68. The van der Waals surface area contributed by atoms with E-state index in [0.717, 1.165) is 0 Å². The van der Waals surface area contributed by atoms with E-state index in [4.69, 9.17) is 0 Å². The van der Waals surface area contributed by atoms with Crippen LogP contribution in [0.25, 0.3) is 0 Å². The van der Waals surface area contributed by atoms with Gasteiger partial charge in [0.15, 0.2) is 0 Å². The highest BCUT2D eigenvalue weighted by atomic mass is 79.9. The minimum Gasteiger partial charge on any atom is -0.433 e. The van der Waals surface area contributed by atoms with Crippen molar-refractivity contribution < 1.29 is 22.8 Å². The molecular weight excluding hydrogens is 283 g/mol. The van der Waals surface area contributed by atoms with E-state index in [1.165, 1.54) is 0 Å². The summed E-state index contributed by atoms with van der Waals surface area (Å²) < 4.78 is 40.0. The molecule has 0 fully saturated rings. The van der Waals surface area contributed by atoms with Crippen LogP contribution in [0.4, 0.5) is 18.9 Å². The van der Waals surface area contributed by atoms with Crippen LogP contribution >= 0.6 is 15.9 Å². The SMILES string of the molecule is O=[N+]([O-])c1cc(F)cc(OC(F)F)c1Br. The Hall–Kier alpha value is -1.31. The second kappa shape index (κ2) is 4.47. The molecule has 0 spiro atoms. The number of nitro benzene ring substituents is 1. The Balaban J connectivity index is 3.22. The molecule has 0 heterocycles. The van der Waals surface area contributed by atoms with Crippen molar-refractivity contribution >= 4 is 21.6 Å². The van der Waals surface area contributed by atoms with Crippen LogP contribution in [0.15, 0.2) is 16.6 Å². The molecule has 0 saturated carbocycles. The summed E-state index contributed by atoms with van der Waals surface area (Å²) in [6.07, 6.45) is 0. The Morgan fingerprint density at radius 2 is 2.07 bits per heavy atom. The fourth-order valence-corrected chi connectivity index (χ4v) is 1.33. The lowest BCUT2D eigenvalue weighted by atomic mass is 10.3. The molecule has 0 amide bonds. The number of rotatable bonds is 3. The van der Waals surface area contributed by atoms with Crippen LogP contribution in [0.2, 0.25) is 0 Å². The molecule has 0 saturated heterocycles. The van der Waals surface area contributed by atoms with Crippen molar-refractivity contribution in [1.82, 2.24) is 0 Å². The minimum atomic E-state index is -3.18. The van der Waals surface area contributed by atoms with Crippen LogP contribution in [-0.4, -0.2) is 11.5 Å². The van der Waals surface area contributed by atoms with Crippen molar-refractivity contribution in [3.63, 3.8) is 0 Å². The number of ether oxygens (including phenoxy) is 1.